The summed E-state index contributed by atoms with van der Waals surface area (Å²) in [6.07, 6.45) is 0.753. The molecule has 0 fully saturated rings. The number of hydrogen-bond donors (Lipinski definition) is 1. The highest BCUT2D eigenvalue weighted by atomic mass is 16.5. The van der Waals surface area contributed by atoms with Gasteiger partial charge in [0.1, 0.15) is 18.5 Å². The fourth-order valence-electron chi connectivity index (χ4n) is 2.02. The van der Waals surface area contributed by atoms with E-state index in [1.807, 2.05) is 24.3 Å². The molecule has 0 aliphatic heterocycles. The van der Waals surface area contributed by atoms with Crippen LogP contribution in [0.15, 0.2) is 42.6 Å². The minimum absolute atomic E-state index is 0.400. The molecule has 1 unspecified atom stereocenters. The molecule has 0 spiro atoms. The summed E-state index contributed by atoms with van der Waals surface area (Å²) in [4.78, 5) is 4.11. The molecule has 2 rings (SSSR count). The van der Waals surface area contributed by atoms with Crippen LogP contribution in [0, 0.1) is 0 Å². The number of para-hydroxylation sites is 1. The molecule has 21 heavy (non-hydrogen) atoms. The van der Waals surface area contributed by atoms with Crippen LogP contribution in [0.5, 0.6) is 11.6 Å². The van der Waals surface area contributed by atoms with Crippen molar-refractivity contribution in [2.45, 2.75) is 6.10 Å². The normalized spacial score (nSPS) is 12.0. The maximum atomic E-state index is 10.6. The third-order valence-electron chi connectivity index (χ3n) is 3.05. The molecule has 2 aromatic rings. The molecule has 5 heteroatoms. The number of hydrogen-bond acceptors (Lipinski definition) is 5. The van der Waals surface area contributed by atoms with Gasteiger partial charge in [-0.15, -0.1) is 0 Å². The summed E-state index contributed by atoms with van der Waals surface area (Å²) in [5, 5.41) is 10.6. The highest BCUT2D eigenvalue weighted by Gasteiger charge is 2.19. The van der Waals surface area contributed by atoms with Gasteiger partial charge in [-0.05, 0) is 18.2 Å². The fraction of sp³-hybridized carbons (Fsp3) is 0.312. The summed E-state index contributed by atoms with van der Waals surface area (Å²) < 4.78 is 15.8. The van der Waals surface area contributed by atoms with Crippen LogP contribution < -0.4 is 9.47 Å². The zero-order valence-electron chi connectivity index (χ0n) is 12.2. The SMILES string of the molecule is COCCOc1ccccc1C(O)c1cccnc1OC. The smallest absolute Gasteiger partial charge is 0.219 e. The number of aliphatic hydroxyl groups is 1. The largest absolute Gasteiger partial charge is 0.491 e. The Kier molecular flexibility index (Phi) is 5.54. The molecule has 112 valence electrons. The number of ether oxygens (including phenoxy) is 3. The van der Waals surface area contributed by atoms with Crippen molar-refractivity contribution in [2.75, 3.05) is 27.4 Å². The molecular formula is C16H19NO4. The number of nitrogens with zero attached hydrogens (tertiary/aromatic N) is 1. The van der Waals surface area contributed by atoms with Gasteiger partial charge in [0.05, 0.1) is 13.7 Å². The van der Waals surface area contributed by atoms with Crippen LogP contribution in [0.25, 0.3) is 0 Å². The molecular weight excluding hydrogens is 270 g/mol. The summed E-state index contributed by atoms with van der Waals surface area (Å²) in [5.41, 5.74) is 1.27. The lowest BCUT2D eigenvalue weighted by molar-refractivity contribution is 0.142. The van der Waals surface area contributed by atoms with E-state index in [0.29, 0.717) is 36.0 Å². The van der Waals surface area contributed by atoms with E-state index >= 15 is 0 Å². The maximum Gasteiger partial charge on any atom is 0.219 e. The number of benzene rings is 1. The maximum absolute atomic E-state index is 10.6. The van der Waals surface area contributed by atoms with Gasteiger partial charge < -0.3 is 19.3 Å². The second-order valence-electron chi connectivity index (χ2n) is 4.38. The number of pyridine rings is 1. The van der Waals surface area contributed by atoms with Gasteiger partial charge in [0.15, 0.2) is 0 Å². The van der Waals surface area contributed by atoms with Crippen molar-refractivity contribution in [3.05, 3.63) is 53.7 Å². The molecule has 0 aliphatic carbocycles. The van der Waals surface area contributed by atoms with Gasteiger partial charge in [-0.3, -0.25) is 0 Å². The first-order chi connectivity index (χ1) is 10.3. The van der Waals surface area contributed by atoms with Gasteiger partial charge in [0.2, 0.25) is 5.88 Å². The van der Waals surface area contributed by atoms with Crippen molar-refractivity contribution in [1.29, 1.82) is 0 Å². The average Bonchev–Trinajstić information content (AvgIpc) is 2.55. The second-order valence-corrected chi connectivity index (χ2v) is 4.38. The van der Waals surface area contributed by atoms with Gasteiger partial charge in [-0.1, -0.05) is 18.2 Å². The van der Waals surface area contributed by atoms with E-state index in [2.05, 4.69) is 4.98 Å². The van der Waals surface area contributed by atoms with Crippen molar-refractivity contribution in [1.82, 2.24) is 4.98 Å². The van der Waals surface area contributed by atoms with Crippen LogP contribution in [0.1, 0.15) is 17.2 Å². The first kappa shape index (κ1) is 15.3. The quantitative estimate of drug-likeness (QED) is 0.792. The zero-order valence-corrected chi connectivity index (χ0v) is 12.2. The highest BCUT2D eigenvalue weighted by Crippen LogP contribution is 2.33. The molecule has 1 N–H and O–H groups in total. The van der Waals surface area contributed by atoms with Gasteiger partial charge >= 0.3 is 0 Å². The second kappa shape index (κ2) is 7.61. The zero-order chi connectivity index (χ0) is 15.1. The Labute approximate surface area is 124 Å². The fourth-order valence-corrected chi connectivity index (χ4v) is 2.02. The molecule has 0 amide bonds. The van der Waals surface area contributed by atoms with Crippen molar-refractivity contribution in [2.24, 2.45) is 0 Å². The lowest BCUT2D eigenvalue weighted by atomic mass is 10.0. The number of aliphatic hydroxyl groups excluding tert-OH is 1. The van der Waals surface area contributed by atoms with Crippen LogP contribution >= 0.6 is 0 Å². The van der Waals surface area contributed by atoms with E-state index in [1.54, 1.807) is 25.4 Å². The molecule has 0 bridgehead atoms. The van der Waals surface area contributed by atoms with Crippen molar-refractivity contribution < 1.29 is 19.3 Å². The van der Waals surface area contributed by atoms with Gasteiger partial charge in [-0.25, -0.2) is 4.98 Å². The van der Waals surface area contributed by atoms with Crippen LogP contribution in [0.3, 0.4) is 0 Å². The topological polar surface area (TPSA) is 60.8 Å². The van der Waals surface area contributed by atoms with E-state index in [9.17, 15) is 5.11 Å². The van der Waals surface area contributed by atoms with Crippen LogP contribution in [-0.2, 0) is 4.74 Å². The molecule has 0 saturated carbocycles. The summed E-state index contributed by atoms with van der Waals surface area (Å²) in [5.74, 6) is 1.02. The van der Waals surface area contributed by atoms with E-state index in [0.717, 1.165) is 0 Å². The van der Waals surface area contributed by atoms with Gasteiger partial charge in [0, 0.05) is 24.4 Å². The molecule has 1 aromatic heterocycles. The Balaban J connectivity index is 2.28. The van der Waals surface area contributed by atoms with Gasteiger partial charge in [-0.2, -0.15) is 0 Å². The molecule has 0 aliphatic rings. The van der Waals surface area contributed by atoms with E-state index in [4.69, 9.17) is 14.2 Å². The lowest BCUT2D eigenvalue weighted by Gasteiger charge is -2.17. The van der Waals surface area contributed by atoms with E-state index < -0.39 is 6.10 Å². The molecule has 1 heterocycles. The molecule has 0 saturated heterocycles. The summed E-state index contributed by atoms with van der Waals surface area (Å²) in [6, 6.07) is 10.9. The molecule has 5 nitrogen and oxygen atoms in total. The highest BCUT2D eigenvalue weighted by molar-refractivity contribution is 5.42. The van der Waals surface area contributed by atoms with E-state index in [-0.39, 0.29) is 0 Å². The average molecular weight is 289 g/mol. The number of rotatable bonds is 7. The predicted molar refractivity (Wildman–Crippen MR) is 78.7 cm³/mol. The Hall–Kier alpha value is -2.11. The van der Waals surface area contributed by atoms with Crippen molar-refractivity contribution in [3.8, 4) is 11.6 Å². The Morgan fingerprint density at radius 3 is 2.57 bits per heavy atom. The van der Waals surface area contributed by atoms with E-state index in [1.165, 1.54) is 7.11 Å². The summed E-state index contributed by atoms with van der Waals surface area (Å²) in [7, 11) is 3.14. The van der Waals surface area contributed by atoms with Crippen molar-refractivity contribution >= 4 is 0 Å². The number of aromatic nitrogens is 1. The summed E-state index contributed by atoms with van der Waals surface area (Å²) >= 11 is 0. The predicted octanol–water partition coefficient (Wildman–Crippen LogP) is 2.20. The van der Waals surface area contributed by atoms with Crippen LogP contribution in [-0.4, -0.2) is 37.5 Å². The number of methoxy groups -OCH3 is 2. The Morgan fingerprint density at radius 2 is 1.81 bits per heavy atom. The summed E-state index contributed by atoms with van der Waals surface area (Å²) in [6.45, 7) is 0.908. The standard InChI is InChI=1S/C16H19NO4/c1-19-10-11-21-14-8-4-3-6-12(14)15(18)13-7-5-9-17-16(13)20-2/h3-9,15,18H,10-11H2,1-2H3. The first-order valence-corrected chi connectivity index (χ1v) is 6.65. The van der Waals surface area contributed by atoms with Crippen LogP contribution in [0.4, 0.5) is 0 Å². The first-order valence-electron chi connectivity index (χ1n) is 6.65. The minimum atomic E-state index is -0.868. The Bertz CT molecular complexity index is 574. The monoisotopic (exact) mass is 289 g/mol. The van der Waals surface area contributed by atoms with Gasteiger partial charge in [0.25, 0.3) is 0 Å². The molecule has 1 atom stereocenters. The molecule has 0 radical (unpaired) electrons. The lowest BCUT2D eigenvalue weighted by Crippen LogP contribution is -2.09. The third-order valence-corrected chi connectivity index (χ3v) is 3.05. The third kappa shape index (κ3) is 3.71. The molecule has 1 aromatic carbocycles. The Morgan fingerprint density at radius 1 is 1.05 bits per heavy atom. The van der Waals surface area contributed by atoms with Crippen LogP contribution in [0.2, 0.25) is 0 Å². The minimum Gasteiger partial charge on any atom is -0.491 e. The van der Waals surface area contributed by atoms with Crippen molar-refractivity contribution in [3.63, 3.8) is 0 Å².